The SMILES string of the molecule is NCC1(c2c(O)c(O)cc(O)c2Cl)CCCC1. The monoisotopic (exact) mass is 257 g/mol. The lowest BCUT2D eigenvalue weighted by molar-refractivity contribution is 0.365. The number of hydrogen-bond donors (Lipinski definition) is 4. The molecule has 0 saturated heterocycles. The predicted octanol–water partition coefficient (Wildman–Crippen LogP) is 2.23. The highest BCUT2D eigenvalue weighted by molar-refractivity contribution is 6.33. The first-order valence-electron chi connectivity index (χ1n) is 5.66. The van der Waals surface area contributed by atoms with Gasteiger partial charge in [0.05, 0.1) is 5.02 Å². The fourth-order valence-electron chi connectivity index (χ4n) is 2.71. The molecule has 1 aromatic rings. The van der Waals surface area contributed by atoms with Crippen LogP contribution in [-0.2, 0) is 5.41 Å². The standard InChI is InChI=1S/C12H16ClNO3/c13-10-7(15)5-8(16)11(17)9(10)12(6-14)3-1-2-4-12/h5,15-17H,1-4,6,14H2. The molecule has 0 unspecified atom stereocenters. The Labute approximate surface area is 105 Å². The summed E-state index contributed by atoms with van der Waals surface area (Å²) in [4.78, 5) is 0. The predicted molar refractivity (Wildman–Crippen MR) is 65.6 cm³/mol. The Kier molecular flexibility index (Phi) is 3.10. The molecular formula is C12H16ClNO3. The molecule has 1 aliphatic rings. The van der Waals surface area contributed by atoms with Gasteiger partial charge in [0.15, 0.2) is 11.5 Å². The molecule has 2 rings (SSSR count). The van der Waals surface area contributed by atoms with E-state index in [1.807, 2.05) is 0 Å². The zero-order chi connectivity index (χ0) is 12.6. The lowest BCUT2D eigenvalue weighted by Gasteiger charge is -2.30. The van der Waals surface area contributed by atoms with E-state index in [0.717, 1.165) is 31.7 Å². The molecule has 0 aromatic heterocycles. The maximum Gasteiger partial charge on any atom is 0.163 e. The largest absolute Gasteiger partial charge is 0.506 e. The van der Waals surface area contributed by atoms with E-state index in [1.54, 1.807) is 0 Å². The van der Waals surface area contributed by atoms with Gasteiger partial charge >= 0.3 is 0 Å². The molecule has 1 aliphatic carbocycles. The highest BCUT2D eigenvalue weighted by atomic mass is 35.5. The lowest BCUT2D eigenvalue weighted by Crippen LogP contribution is -2.32. The van der Waals surface area contributed by atoms with E-state index in [4.69, 9.17) is 17.3 Å². The Morgan fingerprint density at radius 3 is 2.29 bits per heavy atom. The van der Waals surface area contributed by atoms with Crippen molar-refractivity contribution >= 4 is 11.6 Å². The van der Waals surface area contributed by atoms with E-state index in [0.29, 0.717) is 12.1 Å². The van der Waals surface area contributed by atoms with Gasteiger partial charge in [0.2, 0.25) is 0 Å². The highest BCUT2D eigenvalue weighted by Crippen LogP contribution is 2.51. The number of benzene rings is 1. The number of phenolic OH excluding ortho intramolecular Hbond substituents is 3. The van der Waals surface area contributed by atoms with E-state index < -0.39 is 5.41 Å². The van der Waals surface area contributed by atoms with Crippen LogP contribution < -0.4 is 5.73 Å². The van der Waals surface area contributed by atoms with Crippen LogP contribution in [0.1, 0.15) is 31.2 Å². The molecule has 5 N–H and O–H groups in total. The molecule has 0 heterocycles. The minimum atomic E-state index is -0.433. The number of hydrogen-bond acceptors (Lipinski definition) is 4. The maximum atomic E-state index is 9.96. The average Bonchev–Trinajstić information content (AvgIpc) is 2.77. The zero-order valence-corrected chi connectivity index (χ0v) is 10.2. The molecule has 0 spiro atoms. The highest BCUT2D eigenvalue weighted by Gasteiger charge is 2.39. The van der Waals surface area contributed by atoms with Gasteiger partial charge in [-0.15, -0.1) is 0 Å². The number of aromatic hydroxyl groups is 3. The lowest BCUT2D eigenvalue weighted by atomic mass is 9.78. The van der Waals surface area contributed by atoms with Crippen LogP contribution in [-0.4, -0.2) is 21.9 Å². The van der Waals surface area contributed by atoms with Crippen LogP contribution in [0, 0.1) is 0 Å². The molecule has 0 amide bonds. The quantitative estimate of drug-likeness (QED) is 0.483. The molecule has 1 saturated carbocycles. The van der Waals surface area contributed by atoms with Crippen molar-refractivity contribution in [3.63, 3.8) is 0 Å². The van der Waals surface area contributed by atoms with Gasteiger partial charge in [-0.3, -0.25) is 0 Å². The van der Waals surface area contributed by atoms with Gasteiger partial charge in [0.25, 0.3) is 0 Å². The van der Waals surface area contributed by atoms with Crippen molar-refractivity contribution in [2.75, 3.05) is 6.54 Å². The minimum absolute atomic E-state index is 0.0904. The van der Waals surface area contributed by atoms with E-state index in [2.05, 4.69) is 0 Å². The van der Waals surface area contributed by atoms with Gasteiger partial charge in [-0.1, -0.05) is 24.4 Å². The van der Waals surface area contributed by atoms with E-state index in [9.17, 15) is 15.3 Å². The van der Waals surface area contributed by atoms with Crippen molar-refractivity contribution in [1.29, 1.82) is 0 Å². The first-order valence-corrected chi connectivity index (χ1v) is 6.03. The molecule has 0 radical (unpaired) electrons. The van der Waals surface area contributed by atoms with E-state index in [1.165, 1.54) is 0 Å². The summed E-state index contributed by atoms with van der Waals surface area (Å²) in [6, 6.07) is 1.04. The van der Waals surface area contributed by atoms with Gasteiger partial charge in [-0.25, -0.2) is 0 Å². The number of phenols is 3. The number of halogens is 1. The first kappa shape index (κ1) is 12.3. The summed E-state index contributed by atoms with van der Waals surface area (Å²) in [6.45, 7) is 0.336. The Morgan fingerprint density at radius 2 is 1.76 bits per heavy atom. The molecule has 4 nitrogen and oxygen atoms in total. The van der Waals surface area contributed by atoms with Crippen LogP contribution >= 0.6 is 11.6 Å². The third-order valence-corrected chi connectivity index (χ3v) is 4.06. The Bertz CT molecular complexity index is 416. The summed E-state index contributed by atoms with van der Waals surface area (Å²) in [5.74, 6) is -0.849. The van der Waals surface area contributed by atoms with Crippen LogP contribution in [0.25, 0.3) is 0 Å². The molecule has 0 bridgehead atoms. The van der Waals surface area contributed by atoms with Gasteiger partial charge in [-0.05, 0) is 12.8 Å². The van der Waals surface area contributed by atoms with Gasteiger partial charge in [0.1, 0.15) is 5.75 Å². The molecule has 94 valence electrons. The van der Waals surface area contributed by atoms with Crippen LogP contribution in [0.4, 0.5) is 0 Å². The first-order chi connectivity index (χ1) is 8.02. The summed E-state index contributed by atoms with van der Waals surface area (Å²) in [7, 11) is 0. The molecule has 0 aliphatic heterocycles. The third-order valence-electron chi connectivity index (χ3n) is 3.68. The summed E-state index contributed by atoms with van der Waals surface area (Å²) >= 11 is 6.04. The van der Waals surface area contributed by atoms with Gasteiger partial charge in [0, 0.05) is 23.6 Å². The van der Waals surface area contributed by atoms with E-state index >= 15 is 0 Å². The van der Waals surface area contributed by atoms with Gasteiger partial charge in [-0.2, -0.15) is 0 Å². The molecule has 1 fully saturated rings. The van der Waals surface area contributed by atoms with E-state index in [-0.39, 0.29) is 22.3 Å². The maximum absolute atomic E-state index is 9.96. The normalized spacial score (nSPS) is 18.5. The van der Waals surface area contributed by atoms with Crippen LogP contribution in [0.3, 0.4) is 0 Å². The molecule has 5 heteroatoms. The summed E-state index contributed by atoms with van der Waals surface area (Å²) < 4.78 is 0. The average molecular weight is 258 g/mol. The van der Waals surface area contributed by atoms with Crippen molar-refractivity contribution in [1.82, 2.24) is 0 Å². The summed E-state index contributed by atoms with van der Waals surface area (Å²) in [6.07, 6.45) is 3.62. The Hall–Kier alpha value is -1.13. The summed E-state index contributed by atoms with van der Waals surface area (Å²) in [5.41, 5.74) is 5.76. The van der Waals surface area contributed by atoms with Crippen molar-refractivity contribution in [3.8, 4) is 17.2 Å². The number of nitrogens with two attached hydrogens (primary N) is 1. The van der Waals surface area contributed by atoms with Crippen molar-refractivity contribution in [2.24, 2.45) is 5.73 Å². The molecule has 17 heavy (non-hydrogen) atoms. The van der Waals surface area contributed by atoms with Crippen molar-refractivity contribution in [3.05, 3.63) is 16.7 Å². The summed E-state index contributed by atoms with van der Waals surface area (Å²) in [5, 5.41) is 29.2. The zero-order valence-electron chi connectivity index (χ0n) is 9.41. The topological polar surface area (TPSA) is 86.7 Å². The fourth-order valence-corrected chi connectivity index (χ4v) is 3.06. The smallest absolute Gasteiger partial charge is 0.163 e. The fraction of sp³-hybridized carbons (Fsp3) is 0.500. The van der Waals surface area contributed by atoms with Crippen LogP contribution in [0.15, 0.2) is 6.07 Å². The van der Waals surface area contributed by atoms with Crippen LogP contribution in [0.5, 0.6) is 17.2 Å². The van der Waals surface area contributed by atoms with Crippen molar-refractivity contribution in [2.45, 2.75) is 31.1 Å². The molecule has 1 aromatic carbocycles. The molecular weight excluding hydrogens is 242 g/mol. The Morgan fingerprint density at radius 1 is 1.18 bits per heavy atom. The molecule has 0 atom stereocenters. The second-order valence-corrected chi connectivity index (χ2v) is 5.02. The minimum Gasteiger partial charge on any atom is -0.506 e. The van der Waals surface area contributed by atoms with Crippen LogP contribution in [0.2, 0.25) is 5.02 Å². The second kappa shape index (κ2) is 4.27. The third kappa shape index (κ3) is 1.81. The Balaban J connectivity index is 2.65. The van der Waals surface area contributed by atoms with Gasteiger partial charge < -0.3 is 21.1 Å². The second-order valence-electron chi connectivity index (χ2n) is 4.64. The number of rotatable bonds is 2. The van der Waals surface area contributed by atoms with Crippen molar-refractivity contribution < 1.29 is 15.3 Å².